The minimum atomic E-state index is -0.365. The number of carbonyl (C=O) groups is 2. The third-order valence-electron chi connectivity index (χ3n) is 5.52. The predicted molar refractivity (Wildman–Crippen MR) is 131 cm³/mol. The number of thiazole rings is 1. The Balaban J connectivity index is 1.36. The van der Waals surface area contributed by atoms with Crippen LogP contribution in [0.1, 0.15) is 37.1 Å². The lowest BCUT2D eigenvalue weighted by molar-refractivity contribution is 0.0744. The van der Waals surface area contributed by atoms with Gasteiger partial charge in [0, 0.05) is 36.3 Å². The van der Waals surface area contributed by atoms with Gasteiger partial charge in [0.25, 0.3) is 11.8 Å². The number of hydrogen-bond donors (Lipinski definition) is 1. The first-order chi connectivity index (χ1) is 16.8. The van der Waals surface area contributed by atoms with Crippen molar-refractivity contribution in [1.29, 1.82) is 0 Å². The SMILES string of the molecule is COc1cnc(Cl)cc1-c1cc(C)ncc1C(=O)Nc1nc2c(s1)CN(C(=O)c1ccn(C)n1)C2. The zero-order chi connectivity index (χ0) is 24.7. The summed E-state index contributed by atoms with van der Waals surface area (Å²) in [4.78, 5) is 41.4. The number of nitrogens with zero attached hydrogens (tertiary/aromatic N) is 6. The molecule has 1 N–H and O–H groups in total. The van der Waals surface area contributed by atoms with Crippen LogP contribution in [0.5, 0.6) is 5.75 Å². The summed E-state index contributed by atoms with van der Waals surface area (Å²) in [6.07, 6.45) is 4.76. The quantitative estimate of drug-likeness (QED) is 0.408. The number of halogens is 1. The molecule has 0 radical (unpaired) electrons. The van der Waals surface area contributed by atoms with Crippen molar-refractivity contribution in [3.63, 3.8) is 0 Å². The zero-order valence-corrected chi connectivity index (χ0v) is 20.6. The zero-order valence-electron chi connectivity index (χ0n) is 19.1. The Kier molecular flexibility index (Phi) is 5.95. The van der Waals surface area contributed by atoms with Gasteiger partial charge in [-0.3, -0.25) is 24.6 Å². The molecule has 1 aliphatic heterocycles. The van der Waals surface area contributed by atoms with E-state index in [0.29, 0.717) is 46.4 Å². The van der Waals surface area contributed by atoms with E-state index < -0.39 is 0 Å². The van der Waals surface area contributed by atoms with Gasteiger partial charge in [-0.25, -0.2) is 9.97 Å². The van der Waals surface area contributed by atoms with E-state index in [2.05, 4.69) is 25.4 Å². The minimum absolute atomic E-state index is 0.151. The van der Waals surface area contributed by atoms with Crippen LogP contribution >= 0.6 is 22.9 Å². The van der Waals surface area contributed by atoms with Crippen molar-refractivity contribution < 1.29 is 14.3 Å². The Morgan fingerprint density at radius 2 is 2.00 bits per heavy atom. The summed E-state index contributed by atoms with van der Waals surface area (Å²) in [6, 6.07) is 5.13. The molecule has 35 heavy (non-hydrogen) atoms. The highest BCUT2D eigenvalue weighted by Gasteiger charge is 2.29. The smallest absolute Gasteiger partial charge is 0.275 e. The van der Waals surface area contributed by atoms with Crippen molar-refractivity contribution >= 4 is 39.9 Å². The molecule has 0 aliphatic carbocycles. The van der Waals surface area contributed by atoms with Crippen LogP contribution in [0, 0.1) is 6.92 Å². The summed E-state index contributed by atoms with van der Waals surface area (Å²) in [5.41, 5.74) is 3.48. The van der Waals surface area contributed by atoms with E-state index in [4.69, 9.17) is 16.3 Å². The summed E-state index contributed by atoms with van der Waals surface area (Å²) >= 11 is 7.46. The van der Waals surface area contributed by atoms with E-state index >= 15 is 0 Å². The van der Waals surface area contributed by atoms with Gasteiger partial charge in [-0.2, -0.15) is 5.10 Å². The fourth-order valence-corrected chi connectivity index (χ4v) is 4.99. The first-order valence-electron chi connectivity index (χ1n) is 10.6. The van der Waals surface area contributed by atoms with Crippen molar-refractivity contribution in [1.82, 2.24) is 29.6 Å². The van der Waals surface area contributed by atoms with Crippen LogP contribution in [0.4, 0.5) is 5.13 Å². The molecular formula is C23H20ClN7O3S. The molecule has 0 saturated heterocycles. The molecule has 0 saturated carbocycles. The normalized spacial score (nSPS) is 12.5. The number of carbonyl (C=O) groups excluding carboxylic acids is 2. The molecule has 0 unspecified atom stereocenters. The molecule has 0 spiro atoms. The lowest BCUT2D eigenvalue weighted by Crippen LogP contribution is -2.26. The Bertz CT molecular complexity index is 1440. The maximum atomic E-state index is 13.2. The molecular weight excluding hydrogens is 490 g/mol. The standard InChI is InChI=1S/C23H20ClN7O3S/c1-12-6-13(14-7-20(24)26-9-18(14)34-3)15(8-25-12)21(32)28-23-27-17-10-31(11-19(17)35-23)22(33)16-4-5-30(2)29-16/h4-9H,10-11H2,1-3H3,(H,27,28,32). The number of rotatable bonds is 5. The molecule has 5 rings (SSSR count). The van der Waals surface area contributed by atoms with E-state index in [1.165, 1.54) is 30.8 Å². The number of fused-ring (bicyclic) bond motifs is 1. The number of ether oxygens (including phenoxy) is 1. The molecule has 4 aromatic rings. The van der Waals surface area contributed by atoms with Crippen LogP contribution in [-0.4, -0.2) is 48.6 Å². The maximum absolute atomic E-state index is 13.2. The van der Waals surface area contributed by atoms with E-state index in [1.807, 2.05) is 6.92 Å². The van der Waals surface area contributed by atoms with Gasteiger partial charge in [-0.15, -0.1) is 0 Å². The van der Waals surface area contributed by atoms with Gasteiger partial charge in [0.05, 0.1) is 42.5 Å². The number of aromatic nitrogens is 5. The topological polar surface area (TPSA) is 115 Å². The highest BCUT2D eigenvalue weighted by Crippen LogP contribution is 2.35. The minimum Gasteiger partial charge on any atom is -0.494 e. The molecule has 10 nitrogen and oxygen atoms in total. The van der Waals surface area contributed by atoms with Crippen LogP contribution in [0.3, 0.4) is 0 Å². The van der Waals surface area contributed by atoms with Gasteiger partial charge in [0.15, 0.2) is 5.13 Å². The van der Waals surface area contributed by atoms with Gasteiger partial charge in [0.1, 0.15) is 16.6 Å². The first-order valence-corrected chi connectivity index (χ1v) is 11.8. The van der Waals surface area contributed by atoms with E-state index in [0.717, 1.165) is 16.3 Å². The fraction of sp³-hybridized carbons (Fsp3) is 0.217. The average Bonchev–Trinajstić information content (AvgIpc) is 3.53. The number of amides is 2. The molecule has 5 heterocycles. The third-order valence-corrected chi connectivity index (χ3v) is 6.73. The number of anilines is 1. The van der Waals surface area contributed by atoms with E-state index in [1.54, 1.807) is 41.0 Å². The highest BCUT2D eigenvalue weighted by molar-refractivity contribution is 7.16. The van der Waals surface area contributed by atoms with E-state index in [-0.39, 0.29) is 17.0 Å². The molecule has 1 aliphatic rings. The van der Waals surface area contributed by atoms with Crippen LogP contribution in [0.2, 0.25) is 5.15 Å². The lowest BCUT2D eigenvalue weighted by atomic mass is 10.0. The van der Waals surface area contributed by atoms with Gasteiger partial charge in [0.2, 0.25) is 0 Å². The molecule has 0 aromatic carbocycles. The summed E-state index contributed by atoms with van der Waals surface area (Å²) in [5, 5.41) is 7.78. The van der Waals surface area contributed by atoms with Gasteiger partial charge >= 0.3 is 0 Å². The molecule has 12 heteroatoms. The van der Waals surface area contributed by atoms with Crippen LogP contribution in [0.25, 0.3) is 11.1 Å². The van der Waals surface area contributed by atoms with E-state index in [9.17, 15) is 9.59 Å². The fourth-order valence-electron chi connectivity index (χ4n) is 3.85. The van der Waals surface area contributed by atoms with Gasteiger partial charge < -0.3 is 9.64 Å². The molecule has 178 valence electrons. The summed E-state index contributed by atoms with van der Waals surface area (Å²) in [6.45, 7) is 2.62. The molecule has 4 aromatic heterocycles. The largest absolute Gasteiger partial charge is 0.494 e. The van der Waals surface area contributed by atoms with Crippen molar-refractivity contribution in [2.24, 2.45) is 7.05 Å². The maximum Gasteiger partial charge on any atom is 0.275 e. The monoisotopic (exact) mass is 509 g/mol. The molecule has 2 amide bonds. The number of methoxy groups -OCH3 is 1. The molecule has 0 atom stereocenters. The van der Waals surface area contributed by atoms with Gasteiger partial charge in [-0.1, -0.05) is 22.9 Å². The number of aryl methyl sites for hydroxylation is 2. The summed E-state index contributed by atoms with van der Waals surface area (Å²) in [7, 11) is 3.30. The second-order valence-corrected chi connectivity index (χ2v) is 9.43. The second-order valence-electron chi connectivity index (χ2n) is 7.96. The Morgan fingerprint density at radius 1 is 1.17 bits per heavy atom. The summed E-state index contributed by atoms with van der Waals surface area (Å²) in [5.74, 6) is -0.0296. The number of hydrogen-bond acceptors (Lipinski definition) is 8. The summed E-state index contributed by atoms with van der Waals surface area (Å²) < 4.78 is 7.02. The molecule has 0 fully saturated rings. The average molecular weight is 510 g/mol. The van der Waals surface area contributed by atoms with Crippen molar-refractivity contribution in [3.8, 4) is 16.9 Å². The Hall–Kier alpha value is -3.83. The van der Waals surface area contributed by atoms with Crippen molar-refractivity contribution in [2.75, 3.05) is 12.4 Å². The predicted octanol–water partition coefficient (Wildman–Crippen LogP) is 3.71. The Labute approximate surface area is 209 Å². The first kappa shape index (κ1) is 22.9. The van der Waals surface area contributed by atoms with Crippen LogP contribution in [-0.2, 0) is 20.1 Å². The third kappa shape index (κ3) is 4.47. The van der Waals surface area contributed by atoms with Crippen molar-refractivity contribution in [2.45, 2.75) is 20.0 Å². The second kappa shape index (κ2) is 9.08. The van der Waals surface area contributed by atoms with Crippen LogP contribution < -0.4 is 10.1 Å². The number of nitrogens with one attached hydrogen (secondary N) is 1. The Morgan fingerprint density at radius 3 is 2.71 bits per heavy atom. The van der Waals surface area contributed by atoms with Crippen molar-refractivity contribution in [3.05, 3.63) is 69.5 Å². The molecule has 0 bridgehead atoms. The highest BCUT2D eigenvalue weighted by atomic mass is 35.5. The van der Waals surface area contributed by atoms with Crippen LogP contribution in [0.15, 0.2) is 36.8 Å². The lowest BCUT2D eigenvalue weighted by Gasteiger charge is -2.14. The number of pyridine rings is 2. The van der Waals surface area contributed by atoms with Gasteiger partial charge in [-0.05, 0) is 25.1 Å².